The lowest BCUT2D eigenvalue weighted by molar-refractivity contribution is -0.329. The van der Waals surface area contributed by atoms with Crippen molar-refractivity contribution in [2.45, 2.75) is 81.2 Å². The van der Waals surface area contributed by atoms with Crippen molar-refractivity contribution in [3.8, 4) is 0 Å². The maximum absolute atomic E-state index is 14.3. The first-order valence-corrected chi connectivity index (χ1v) is 25.2. The Morgan fingerprint density at radius 1 is 0.421 bits per heavy atom. The number of rotatable bonds is 24. The van der Waals surface area contributed by atoms with E-state index in [1.807, 2.05) is 121 Å². The molecule has 0 unspecified atom stereocenters. The predicted molar refractivity (Wildman–Crippen MR) is 278 cm³/mol. The molecule has 2 heterocycles. The molecule has 0 spiro atoms. The smallest absolute Gasteiger partial charge is 0.338 e. The Hall–Kier alpha value is -7.37. The van der Waals surface area contributed by atoms with Crippen LogP contribution in [0.2, 0.25) is 0 Å². The van der Waals surface area contributed by atoms with Gasteiger partial charge in [-0.1, -0.05) is 176 Å². The fraction of sp³-hybridized carbons (Fsp3) is 0.274. The van der Waals surface area contributed by atoms with Gasteiger partial charge in [-0.05, 0) is 58.7 Å². The Kier molecular flexibility index (Phi) is 18.9. The first-order valence-electron chi connectivity index (χ1n) is 25.2. The standard InChI is InChI=1S/C62H60O14/c1-66-61-56(75-60(65)50-35-21-8-22-36-50)55(74-59(64)49-33-19-7-20-34-49)53(73-58(63)48-31-17-6-18-32-48)51(72-61)42-71-62(43-68-38-45-25-11-3-12-26-45)57(70-40-47-29-15-5-16-30-47)54(69-39-46-27-13-4-14-28-46)52(76-62)41-67-37-44-23-9-2-10-24-44/h2-36,51-57,61H,37-43H2,1H3/t51-,52-,53-,54-,55+,56-,57+,61+,62+/m1/s1. The van der Waals surface area contributed by atoms with Crippen LogP contribution in [0.4, 0.5) is 0 Å². The molecule has 2 saturated heterocycles. The van der Waals surface area contributed by atoms with Crippen molar-refractivity contribution in [1.29, 1.82) is 0 Å². The molecule has 0 saturated carbocycles. The number of carbonyl (C=O) groups excluding carboxylic acids is 3. The van der Waals surface area contributed by atoms with Gasteiger partial charge < -0.3 is 52.1 Å². The van der Waals surface area contributed by atoms with Crippen molar-refractivity contribution in [1.82, 2.24) is 0 Å². The van der Waals surface area contributed by atoms with Crippen LogP contribution in [-0.2, 0) is 78.5 Å². The average Bonchev–Trinajstić information content (AvgIpc) is 3.78. The molecule has 7 aromatic carbocycles. The molecule has 0 N–H and O–H groups in total. The van der Waals surface area contributed by atoms with E-state index in [2.05, 4.69) is 0 Å². The summed E-state index contributed by atoms with van der Waals surface area (Å²) in [5.41, 5.74) is 4.22. The van der Waals surface area contributed by atoms with E-state index in [-0.39, 0.29) is 56.3 Å². The van der Waals surface area contributed by atoms with Gasteiger partial charge in [0.15, 0.2) is 24.6 Å². The highest BCUT2D eigenvalue weighted by Gasteiger charge is 2.60. The lowest BCUT2D eigenvalue weighted by Gasteiger charge is -2.45. The van der Waals surface area contributed by atoms with Crippen molar-refractivity contribution in [2.75, 3.05) is 26.9 Å². The Morgan fingerprint density at radius 3 is 1.28 bits per heavy atom. The molecule has 2 fully saturated rings. The molecule has 14 heteroatoms. The molecule has 9 rings (SSSR count). The minimum atomic E-state index is -1.79. The summed E-state index contributed by atoms with van der Waals surface area (Å²) in [5, 5.41) is 0. The third-order valence-electron chi connectivity index (χ3n) is 12.9. The quantitative estimate of drug-likeness (QED) is 0.0417. The number of ether oxygens (including phenoxy) is 11. The van der Waals surface area contributed by atoms with Gasteiger partial charge in [-0.3, -0.25) is 0 Å². The van der Waals surface area contributed by atoms with E-state index in [1.54, 1.807) is 91.0 Å². The lowest BCUT2D eigenvalue weighted by atomic mass is 9.97. The highest BCUT2D eigenvalue weighted by atomic mass is 16.8. The molecular weight excluding hydrogens is 969 g/mol. The molecule has 0 bridgehead atoms. The minimum Gasteiger partial charge on any atom is -0.452 e. The number of hydrogen-bond acceptors (Lipinski definition) is 14. The van der Waals surface area contributed by atoms with Crippen LogP contribution in [0.5, 0.6) is 0 Å². The number of hydrogen-bond donors (Lipinski definition) is 0. The summed E-state index contributed by atoms with van der Waals surface area (Å²) in [5.74, 6) is -4.14. The normalized spacial score (nSPS) is 23.1. The van der Waals surface area contributed by atoms with E-state index in [0.29, 0.717) is 0 Å². The SMILES string of the molecule is CO[C@H]1O[C@H](CO[C@@]2(COCc3ccccc3)O[C@H](COCc3ccccc3)[C@@H](OCc3ccccc3)[C@@H]2OCc2ccccc2)[C@@H](OC(=O)c2ccccc2)[C@H](OC(=O)c2ccccc2)[C@H]1OC(=O)c1ccccc1. The summed E-state index contributed by atoms with van der Waals surface area (Å²) in [4.78, 5) is 42.5. The van der Waals surface area contributed by atoms with Crippen LogP contribution < -0.4 is 0 Å². The maximum atomic E-state index is 14.3. The van der Waals surface area contributed by atoms with Crippen molar-refractivity contribution >= 4 is 17.9 Å². The van der Waals surface area contributed by atoms with Gasteiger partial charge in [0.1, 0.15) is 31.0 Å². The molecule has 76 heavy (non-hydrogen) atoms. The fourth-order valence-electron chi connectivity index (χ4n) is 9.06. The zero-order valence-electron chi connectivity index (χ0n) is 42.0. The summed E-state index contributed by atoms with van der Waals surface area (Å²) in [6.07, 6.45) is -9.89. The van der Waals surface area contributed by atoms with Gasteiger partial charge in [0.05, 0.1) is 56.3 Å². The van der Waals surface area contributed by atoms with Crippen LogP contribution in [0.25, 0.3) is 0 Å². The summed E-state index contributed by atoms with van der Waals surface area (Å²) >= 11 is 0. The van der Waals surface area contributed by atoms with E-state index in [0.717, 1.165) is 22.3 Å². The molecule has 7 aromatic rings. The first kappa shape index (κ1) is 53.5. The molecular formula is C62H60O14. The third-order valence-corrected chi connectivity index (χ3v) is 12.9. The van der Waals surface area contributed by atoms with E-state index in [1.165, 1.54) is 7.11 Å². The molecule has 0 aromatic heterocycles. The van der Waals surface area contributed by atoms with E-state index < -0.39 is 79.3 Å². The van der Waals surface area contributed by atoms with Gasteiger partial charge >= 0.3 is 17.9 Å². The van der Waals surface area contributed by atoms with Crippen molar-refractivity contribution < 1.29 is 66.5 Å². The zero-order chi connectivity index (χ0) is 52.4. The summed E-state index contributed by atoms with van der Waals surface area (Å²) in [7, 11) is 1.36. The highest BCUT2D eigenvalue weighted by Crippen LogP contribution is 2.40. The predicted octanol–water partition coefficient (Wildman–Crippen LogP) is 9.75. The third kappa shape index (κ3) is 14.1. The van der Waals surface area contributed by atoms with Gasteiger partial charge in [0.2, 0.25) is 5.79 Å². The summed E-state index contributed by atoms with van der Waals surface area (Å²) < 4.78 is 72.6. The fourth-order valence-corrected chi connectivity index (χ4v) is 9.06. The van der Waals surface area contributed by atoms with Crippen LogP contribution in [-0.4, -0.2) is 99.6 Å². The van der Waals surface area contributed by atoms with Crippen LogP contribution >= 0.6 is 0 Å². The Labute approximate surface area is 442 Å². The number of carbonyl (C=O) groups is 3. The van der Waals surface area contributed by atoms with Gasteiger partial charge in [-0.25, -0.2) is 14.4 Å². The monoisotopic (exact) mass is 1030 g/mol. The van der Waals surface area contributed by atoms with Gasteiger partial charge in [-0.15, -0.1) is 0 Å². The highest BCUT2D eigenvalue weighted by molar-refractivity contribution is 5.91. The van der Waals surface area contributed by atoms with E-state index in [4.69, 9.17) is 52.1 Å². The Bertz CT molecular complexity index is 2850. The molecule has 0 aliphatic carbocycles. The molecule has 2 aliphatic heterocycles. The van der Waals surface area contributed by atoms with Gasteiger partial charge in [0, 0.05) is 7.11 Å². The zero-order valence-corrected chi connectivity index (χ0v) is 42.0. The molecule has 0 amide bonds. The number of benzene rings is 7. The first-order chi connectivity index (χ1) is 37.4. The molecule has 14 nitrogen and oxygen atoms in total. The topological polar surface area (TPSA) is 153 Å². The Balaban J connectivity index is 1.11. The van der Waals surface area contributed by atoms with Crippen molar-refractivity contribution in [2.24, 2.45) is 0 Å². The molecule has 9 atom stereocenters. The maximum Gasteiger partial charge on any atom is 0.338 e. The molecule has 392 valence electrons. The number of methoxy groups -OCH3 is 1. The Morgan fingerprint density at radius 2 is 0.816 bits per heavy atom. The van der Waals surface area contributed by atoms with Crippen LogP contribution in [0.15, 0.2) is 212 Å². The lowest BCUT2D eigenvalue weighted by Crippen LogP contribution is -2.63. The second kappa shape index (κ2) is 26.9. The molecule has 0 radical (unpaired) electrons. The summed E-state index contributed by atoms with van der Waals surface area (Å²) in [6.45, 7) is 0.179. The average molecular weight is 1030 g/mol. The second-order valence-electron chi connectivity index (χ2n) is 18.2. The molecule has 2 aliphatic rings. The van der Waals surface area contributed by atoms with E-state index in [9.17, 15) is 14.4 Å². The van der Waals surface area contributed by atoms with Crippen LogP contribution in [0.1, 0.15) is 53.3 Å². The largest absolute Gasteiger partial charge is 0.452 e. The van der Waals surface area contributed by atoms with E-state index >= 15 is 0 Å². The van der Waals surface area contributed by atoms with Crippen molar-refractivity contribution in [3.63, 3.8) is 0 Å². The van der Waals surface area contributed by atoms with Crippen LogP contribution in [0, 0.1) is 0 Å². The number of esters is 3. The minimum absolute atomic E-state index is 0.0539. The second-order valence-corrected chi connectivity index (χ2v) is 18.2. The van der Waals surface area contributed by atoms with Gasteiger partial charge in [-0.2, -0.15) is 0 Å². The van der Waals surface area contributed by atoms with Crippen LogP contribution in [0.3, 0.4) is 0 Å². The van der Waals surface area contributed by atoms with Gasteiger partial charge in [0.25, 0.3) is 0 Å². The van der Waals surface area contributed by atoms with Crippen molar-refractivity contribution in [3.05, 3.63) is 251 Å². The summed E-state index contributed by atoms with van der Waals surface area (Å²) in [6, 6.07) is 63.8.